The Morgan fingerprint density at radius 1 is 1.00 bits per heavy atom. The highest BCUT2D eigenvalue weighted by atomic mass is 16.5. The Kier molecular flexibility index (Phi) is 6.03. The van der Waals surface area contributed by atoms with Crippen LogP contribution in [0.25, 0.3) is 0 Å². The summed E-state index contributed by atoms with van der Waals surface area (Å²) >= 11 is 0. The third-order valence-electron chi connectivity index (χ3n) is 5.63. The molecule has 31 heavy (non-hydrogen) atoms. The van der Waals surface area contributed by atoms with Crippen LogP contribution in [0.15, 0.2) is 78.9 Å². The Bertz CT molecular complexity index is 1060. The van der Waals surface area contributed by atoms with Gasteiger partial charge in [-0.15, -0.1) is 0 Å². The van der Waals surface area contributed by atoms with Gasteiger partial charge in [-0.05, 0) is 61.4 Å². The number of benzene rings is 3. The van der Waals surface area contributed by atoms with Gasteiger partial charge in [0.1, 0.15) is 11.5 Å². The summed E-state index contributed by atoms with van der Waals surface area (Å²) in [6, 6.07) is 24.9. The molecule has 3 aromatic rings. The molecule has 1 fully saturated rings. The number of carbonyl (C=O) groups is 2. The van der Waals surface area contributed by atoms with E-state index >= 15 is 0 Å². The van der Waals surface area contributed by atoms with Crippen LogP contribution in [0.2, 0.25) is 0 Å². The zero-order chi connectivity index (χ0) is 21.8. The van der Waals surface area contributed by atoms with Crippen molar-refractivity contribution in [2.24, 2.45) is 5.92 Å². The van der Waals surface area contributed by atoms with Gasteiger partial charge < -0.3 is 15.0 Å². The van der Waals surface area contributed by atoms with E-state index in [4.69, 9.17) is 4.74 Å². The standard InChI is InChI=1S/C26H26N2O3/c1-18-7-6-10-24(15-18)31-23-13-11-22(12-14-23)27-26(30)21-16-25(29)28(17-21)19(2)20-8-4-3-5-9-20/h3-15,19,21H,16-17H2,1-2H3,(H,27,30)/t19-,21+/m0/s1. The number of carbonyl (C=O) groups excluding carboxylic acids is 2. The number of aryl methyl sites for hydroxylation is 1. The fraction of sp³-hybridized carbons (Fsp3) is 0.231. The van der Waals surface area contributed by atoms with Crippen molar-refractivity contribution >= 4 is 17.5 Å². The molecule has 0 bridgehead atoms. The number of nitrogens with zero attached hydrogens (tertiary/aromatic N) is 1. The number of hydrogen-bond donors (Lipinski definition) is 1. The first kappa shape index (κ1) is 20.7. The number of likely N-dealkylation sites (tertiary alicyclic amines) is 1. The van der Waals surface area contributed by atoms with Crippen LogP contribution >= 0.6 is 0 Å². The van der Waals surface area contributed by atoms with Gasteiger partial charge in [-0.2, -0.15) is 0 Å². The average molecular weight is 415 g/mol. The lowest BCUT2D eigenvalue weighted by atomic mass is 10.1. The Morgan fingerprint density at radius 2 is 1.74 bits per heavy atom. The second-order valence-corrected chi connectivity index (χ2v) is 7.97. The van der Waals surface area contributed by atoms with E-state index in [9.17, 15) is 9.59 Å². The van der Waals surface area contributed by atoms with Crippen molar-refractivity contribution in [1.29, 1.82) is 0 Å². The quantitative estimate of drug-likeness (QED) is 0.593. The van der Waals surface area contributed by atoms with Crippen molar-refractivity contribution in [2.75, 3.05) is 11.9 Å². The number of rotatable bonds is 6. The summed E-state index contributed by atoms with van der Waals surface area (Å²) in [6.45, 7) is 4.44. The molecule has 1 N–H and O–H groups in total. The first-order valence-electron chi connectivity index (χ1n) is 10.5. The van der Waals surface area contributed by atoms with Crippen LogP contribution in [-0.4, -0.2) is 23.3 Å². The summed E-state index contributed by atoms with van der Waals surface area (Å²) in [4.78, 5) is 27.1. The Hall–Kier alpha value is -3.60. The molecule has 3 aromatic carbocycles. The predicted octanol–water partition coefficient (Wildman–Crippen LogP) is 5.34. The third kappa shape index (κ3) is 4.94. The summed E-state index contributed by atoms with van der Waals surface area (Å²) in [5.41, 5.74) is 2.88. The van der Waals surface area contributed by atoms with Gasteiger partial charge in [0.15, 0.2) is 0 Å². The molecule has 1 aliphatic heterocycles. The molecule has 0 unspecified atom stereocenters. The minimum Gasteiger partial charge on any atom is -0.457 e. The van der Waals surface area contributed by atoms with Crippen molar-refractivity contribution < 1.29 is 14.3 Å². The fourth-order valence-electron chi connectivity index (χ4n) is 3.86. The first-order valence-corrected chi connectivity index (χ1v) is 10.5. The van der Waals surface area contributed by atoms with E-state index in [-0.39, 0.29) is 30.2 Å². The predicted molar refractivity (Wildman–Crippen MR) is 121 cm³/mol. The Balaban J connectivity index is 1.35. The van der Waals surface area contributed by atoms with E-state index < -0.39 is 0 Å². The highest BCUT2D eigenvalue weighted by molar-refractivity contribution is 5.97. The number of amides is 2. The maximum absolute atomic E-state index is 12.8. The van der Waals surface area contributed by atoms with Gasteiger partial charge in [-0.1, -0.05) is 42.5 Å². The lowest BCUT2D eigenvalue weighted by molar-refractivity contribution is -0.129. The second-order valence-electron chi connectivity index (χ2n) is 7.97. The minimum absolute atomic E-state index is 0.0124. The van der Waals surface area contributed by atoms with Gasteiger partial charge in [-0.25, -0.2) is 0 Å². The zero-order valence-electron chi connectivity index (χ0n) is 17.7. The Morgan fingerprint density at radius 3 is 2.45 bits per heavy atom. The largest absolute Gasteiger partial charge is 0.457 e. The lowest BCUT2D eigenvalue weighted by Crippen LogP contribution is -2.30. The summed E-state index contributed by atoms with van der Waals surface area (Å²) in [5, 5.41) is 2.93. The van der Waals surface area contributed by atoms with E-state index in [0.717, 1.165) is 16.9 Å². The Labute approximate surface area is 182 Å². The molecule has 0 aromatic heterocycles. The molecular weight excluding hydrogens is 388 g/mol. The number of hydrogen-bond acceptors (Lipinski definition) is 3. The number of anilines is 1. The molecular formula is C26H26N2O3. The van der Waals surface area contributed by atoms with Crippen LogP contribution in [0.5, 0.6) is 11.5 Å². The minimum atomic E-state index is -0.359. The van der Waals surface area contributed by atoms with Gasteiger partial charge >= 0.3 is 0 Å². The van der Waals surface area contributed by atoms with E-state index in [0.29, 0.717) is 18.0 Å². The van der Waals surface area contributed by atoms with E-state index in [2.05, 4.69) is 5.32 Å². The summed E-state index contributed by atoms with van der Waals surface area (Å²) in [5.74, 6) is 0.986. The number of ether oxygens (including phenoxy) is 1. The van der Waals surface area contributed by atoms with Gasteiger partial charge in [-0.3, -0.25) is 9.59 Å². The monoisotopic (exact) mass is 414 g/mol. The third-order valence-corrected chi connectivity index (χ3v) is 5.63. The van der Waals surface area contributed by atoms with Gasteiger partial charge in [0.25, 0.3) is 0 Å². The normalized spacial score (nSPS) is 16.8. The molecule has 0 spiro atoms. The molecule has 4 rings (SSSR count). The van der Waals surface area contributed by atoms with Crippen LogP contribution < -0.4 is 10.1 Å². The van der Waals surface area contributed by atoms with E-state index in [1.807, 2.05) is 92.7 Å². The molecule has 1 heterocycles. The summed E-state index contributed by atoms with van der Waals surface area (Å²) in [6.07, 6.45) is 0.234. The van der Waals surface area contributed by atoms with Gasteiger partial charge in [0.2, 0.25) is 11.8 Å². The molecule has 0 radical (unpaired) electrons. The maximum atomic E-state index is 12.8. The summed E-state index contributed by atoms with van der Waals surface area (Å²) < 4.78 is 5.85. The van der Waals surface area contributed by atoms with Crippen LogP contribution in [0.4, 0.5) is 5.69 Å². The fourth-order valence-corrected chi connectivity index (χ4v) is 3.86. The molecule has 1 saturated heterocycles. The average Bonchev–Trinajstić information content (AvgIpc) is 3.17. The van der Waals surface area contributed by atoms with Crippen molar-refractivity contribution in [3.63, 3.8) is 0 Å². The van der Waals surface area contributed by atoms with Crippen LogP contribution in [0.1, 0.15) is 30.5 Å². The highest BCUT2D eigenvalue weighted by Gasteiger charge is 2.37. The SMILES string of the molecule is Cc1cccc(Oc2ccc(NC(=O)[C@@H]3CC(=O)N([C@@H](C)c4ccccc4)C3)cc2)c1. The van der Waals surface area contributed by atoms with Crippen molar-refractivity contribution in [2.45, 2.75) is 26.3 Å². The highest BCUT2D eigenvalue weighted by Crippen LogP contribution is 2.29. The molecule has 5 heteroatoms. The molecule has 2 atom stereocenters. The van der Waals surface area contributed by atoms with Crippen molar-refractivity contribution in [1.82, 2.24) is 4.90 Å². The molecule has 0 aliphatic carbocycles. The number of nitrogens with one attached hydrogen (secondary N) is 1. The van der Waals surface area contributed by atoms with Crippen LogP contribution in [0, 0.1) is 12.8 Å². The molecule has 5 nitrogen and oxygen atoms in total. The molecule has 2 amide bonds. The lowest BCUT2D eigenvalue weighted by Gasteiger charge is -2.25. The maximum Gasteiger partial charge on any atom is 0.229 e. The van der Waals surface area contributed by atoms with E-state index in [1.165, 1.54) is 0 Å². The van der Waals surface area contributed by atoms with Crippen LogP contribution in [-0.2, 0) is 9.59 Å². The van der Waals surface area contributed by atoms with Crippen molar-refractivity contribution in [3.8, 4) is 11.5 Å². The van der Waals surface area contributed by atoms with Crippen LogP contribution in [0.3, 0.4) is 0 Å². The molecule has 158 valence electrons. The van der Waals surface area contributed by atoms with E-state index in [1.54, 1.807) is 4.90 Å². The second kappa shape index (κ2) is 9.04. The summed E-state index contributed by atoms with van der Waals surface area (Å²) in [7, 11) is 0. The smallest absolute Gasteiger partial charge is 0.229 e. The topological polar surface area (TPSA) is 58.6 Å². The first-order chi connectivity index (χ1) is 15.0. The molecule has 1 aliphatic rings. The van der Waals surface area contributed by atoms with Gasteiger partial charge in [0, 0.05) is 18.7 Å². The van der Waals surface area contributed by atoms with Gasteiger partial charge in [0.05, 0.1) is 12.0 Å². The van der Waals surface area contributed by atoms with Crippen molar-refractivity contribution in [3.05, 3.63) is 90.0 Å². The zero-order valence-corrected chi connectivity index (χ0v) is 17.7. The molecule has 0 saturated carbocycles.